The zero-order chi connectivity index (χ0) is 10.4. The second-order valence-electron chi connectivity index (χ2n) is 3.89. The van der Waals surface area contributed by atoms with Gasteiger partial charge in [-0.2, -0.15) is 0 Å². The summed E-state index contributed by atoms with van der Waals surface area (Å²) in [5.41, 5.74) is 0. The first-order valence-corrected chi connectivity index (χ1v) is 5.29. The third-order valence-corrected chi connectivity index (χ3v) is 2.75. The third kappa shape index (κ3) is 3.64. The quantitative estimate of drug-likeness (QED) is 0.601. The van der Waals surface area contributed by atoms with Crippen molar-refractivity contribution in [2.45, 2.75) is 38.2 Å². The number of rotatable bonds is 4. The van der Waals surface area contributed by atoms with E-state index in [1.807, 2.05) is 0 Å². The molecule has 2 atom stereocenters. The van der Waals surface area contributed by atoms with Crippen LogP contribution in [0.15, 0.2) is 0 Å². The highest BCUT2D eigenvalue weighted by Gasteiger charge is 2.24. The number of hydrogen-bond acceptors (Lipinski definition) is 3. The summed E-state index contributed by atoms with van der Waals surface area (Å²) in [4.78, 5) is 11.3. The predicted octanol–water partition coefficient (Wildman–Crippen LogP) is 0.0361. The molecule has 1 aliphatic carbocycles. The van der Waals surface area contributed by atoms with Crippen LogP contribution in [0.1, 0.15) is 32.1 Å². The van der Waals surface area contributed by atoms with Crippen LogP contribution in [0.25, 0.3) is 0 Å². The minimum atomic E-state index is -0.316. The highest BCUT2D eigenvalue weighted by atomic mass is 16.3. The molecule has 1 saturated carbocycles. The van der Waals surface area contributed by atoms with Crippen LogP contribution >= 0.6 is 0 Å². The van der Waals surface area contributed by atoms with Crippen LogP contribution in [0.3, 0.4) is 0 Å². The molecule has 0 aliphatic heterocycles. The molecular weight excluding hydrogens is 182 g/mol. The fraction of sp³-hybridized carbons (Fsp3) is 0.900. The van der Waals surface area contributed by atoms with Gasteiger partial charge in [0.25, 0.3) is 0 Å². The van der Waals surface area contributed by atoms with Gasteiger partial charge in [0.05, 0.1) is 12.7 Å². The maximum Gasteiger partial charge on any atom is 0.220 e. The molecule has 2 unspecified atom stereocenters. The largest absolute Gasteiger partial charge is 0.395 e. The van der Waals surface area contributed by atoms with E-state index in [9.17, 15) is 9.90 Å². The molecule has 0 heterocycles. The molecule has 1 amide bonds. The number of aliphatic hydroxyl groups excluding tert-OH is 2. The predicted molar refractivity (Wildman–Crippen MR) is 52.7 cm³/mol. The van der Waals surface area contributed by atoms with E-state index in [0.717, 1.165) is 25.7 Å². The van der Waals surface area contributed by atoms with Gasteiger partial charge in [-0.25, -0.2) is 0 Å². The Kier molecular flexibility index (Phi) is 4.90. The molecule has 0 radical (unpaired) electrons. The lowest BCUT2D eigenvalue weighted by molar-refractivity contribution is -0.123. The van der Waals surface area contributed by atoms with Gasteiger partial charge in [-0.05, 0) is 18.8 Å². The molecule has 3 N–H and O–H groups in total. The van der Waals surface area contributed by atoms with Crippen molar-refractivity contribution in [2.24, 2.45) is 5.92 Å². The standard InChI is InChI=1S/C10H19NO3/c12-6-5-11-10(14)7-8-3-1-2-4-9(8)13/h8-9,12-13H,1-7H2,(H,11,14). The molecule has 1 fully saturated rings. The van der Waals surface area contributed by atoms with E-state index in [4.69, 9.17) is 5.11 Å². The maximum atomic E-state index is 11.3. The van der Waals surface area contributed by atoms with Crippen molar-refractivity contribution in [2.75, 3.05) is 13.2 Å². The van der Waals surface area contributed by atoms with E-state index in [0.29, 0.717) is 13.0 Å². The van der Waals surface area contributed by atoms with E-state index in [-0.39, 0.29) is 24.5 Å². The average Bonchev–Trinajstić information content (AvgIpc) is 2.18. The van der Waals surface area contributed by atoms with Gasteiger partial charge in [-0.3, -0.25) is 4.79 Å². The van der Waals surface area contributed by atoms with Gasteiger partial charge in [0.2, 0.25) is 5.91 Å². The Morgan fingerprint density at radius 2 is 2.07 bits per heavy atom. The molecule has 0 saturated heterocycles. The number of carbonyl (C=O) groups is 1. The van der Waals surface area contributed by atoms with Crippen LogP contribution in [0.5, 0.6) is 0 Å². The van der Waals surface area contributed by atoms with Crippen molar-refractivity contribution in [3.63, 3.8) is 0 Å². The van der Waals surface area contributed by atoms with Gasteiger partial charge in [0.1, 0.15) is 0 Å². The Morgan fingerprint density at radius 3 is 2.71 bits per heavy atom. The minimum absolute atomic E-state index is 0.0288. The lowest BCUT2D eigenvalue weighted by Gasteiger charge is -2.26. The Hall–Kier alpha value is -0.610. The lowest BCUT2D eigenvalue weighted by atomic mass is 9.84. The zero-order valence-corrected chi connectivity index (χ0v) is 8.41. The summed E-state index contributed by atoms with van der Waals surface area (Å²) in [5.74, 6) is 0.0486. The van der Waals surface area contributed by atoms with E-state index in [2.05, 4.69) is 5.32 Å². The normalized spacial score (nSPS) is 27.3. The van der Waals surface area contributed by atoms with Gasteiger partial charge in [-0.1, -0.05) is 12.8 Å². The number of aliphatic hydroxyl groups is 2. The van der Waals surface area contributed by atoms with Crippen molar-refractivity contribution < 1.29 is 15.0 Å². The maximum absolute atomic E-state index is 11.3. The topological polar surface area (TPSA) is 69.6 Å². The number of hydrogen-bond donors (Lipinski definition) is 3. The highest BCUT2D eigenvalue weighted by molar-refractivity contribution is 5.76. The van der Waals surface area contributed by atoms with Crippen molar-refractivity contribution in [3.05, 3.63) is 0 Å². The van der Waals surface area contributed by atoms with Gasteiger partial charge in [0, 0.05) is 13.0 Å². The van der Waals surface area contributed by atoms with Crippen LogP contribution in [-0.2, 0) is 4.79 Å². The van der Waals surface area contributed by atoms with Crippen molar-refractivity contribution in [1.82, 2.24) is 5.32 Å². The van der Waals surface area contributed by atoms with Gasteiger partial charge >= 0.3 is 0 Å². The van der Waals surface area contributed by atoms with Crippen molar-refractivity contribution in [1.29, 1.82) is 0 Å². The van der Waals surface area contributed by atoms with Gasteiger partial charge < -0.3 is 15.5 Å². The number of nitrogens with one attached hydrogen (secondary N) is 1. The smallest absolute Gasteiger partial charge is 0.220 e. The Bertz CT molecular complexity index is 184. The molecular formula is C10H19NO3. The van der Waals surface area contributed by atoms with Crippen LogP contribution in [0, 0.1) is 5.92 Å². The molecule has 0 spiro atoms. The van der Waals surface area contributed by atoms with E-state index in [1.165, 1.54) is 0 Å². The molecule has 0 aromatic heterocycles. The monoisotopic (exact) mass is 201 g/mol. The van der Waals surface area contributed by atoms with Gasteiger partial charge in [-0.15, -0.1) is 0 Å². The average molecular weight is 201 g/mol. The number of amides is 1. The summed E-state index contributed by atoms with van der Waals surface area (Å²) in [6.45, 7) is 0.278. The molecule has 0 aromatic rings. The van der Waals surface area contributed by atoms with E-state index >= 15 is 0 Å². The highest BCUT2D eigenvalue weighted by Crippen LogP contribution is 2.26. The zero-order valence-electron chi connectivity index (χ0n) is 8.41. The first-order chi connectivity index (χ1) is 6.74. The van der Waals surface area contributed by atoms with E-state index < -0.39 is 0 Å². The molecule has 4 nitrogen and oxygen atoms in total. The second-order valence-corrected chi connectivity index (χ2v) is 3.89. The SMILES string of the molecule is O=C(CC1CCCCC1O)NCCO. The second kappa shape index (κ2) is 5.98. The van der Waals surface area contributed by atoms with Crippen molar-refractivity contribution in [3.8, 4) is 0 Å². The number of carbonyl (C=O) groups excluding carboxylic acids is 1. The fourth-order valence-electron chi connectivity index (χ4n) is 1.93. The summed E-state index contributed by atoms with van der Waals surface area (Å²) in [6.07, 6.45) is 4.00. The minimum Gasteiger partial charge on any atom is -0.395 e. The molecule has 0 bridgehead atoms. The first-order valence-electron chi connectivity index (χ1n) is 5.29. The molecule has 1 aliphatic rings. The lowest BCUT2D eigenvalue weighted by Crippen LogP contribution is -2.33. The summed E-state index contributed by atoms with van der Waals surface area (Å²) >= 11 is 0. The summed E-state index contributed by atoms with van der Waals surface area (Å²) in [6, 6.07) is 0. The molecule has 4 heteroatoms. The van der Waals surface area contributed by atoms with Crippen LogP contribution < -0.4 is 5.32 Å². The molecule has 1 rings (SSSR count). The van der Waals surface area contributed by atoms with Crippen LogP contribution in [0.2, 0.25) is 0 Å². The summed E-state index contributed by atoms with van der Waals surface area (Å²) < 4.78 is 0. The van der Waals surface area contributed by atoms with E-state index in [1.54, 1.807) is 0 Å². The first kappa shape index (κ1) is 11.5. The molecule has 0 aromatic carbocycles. The summed E-state index contributed by atoms with van der Waals surface area (Å²) in [5, 5.41) is 20.7. The summed E-state index contributed by atoms with van der Waals surface area (Å²) in [7, 11) is 0. The van der Waals surface area contributed by atoms with Crippen molar-refractivity contribution >= 4 is 5.91 Å². The Labute approximate surface area is 84.3 Å². The van der Waals surface area contributed by atoms with Crippen LogP contribution in [0.4, 0.5) is 0 Å². The fourth-order valence-corrected chi connectivity index (χ4v) is 1.93. The molecule has 14 heavy (non-hydrogen) atoms. The molecule has 82 valence electrons. The Morgan fingerprint density at radius 1 is 1.36 bits per heavy atom. The Balaban J connectivity index is 2.23. The third-order valence-electron chi connectivity index (χ3n) is 2.75. The van der Waals surface area contributed by atoms with Gasteiger partial charge in [0.15, 0.2) is 0 Å². The van der Waals surface area contributed by atoms with Crippen LogP contribution in [-0.4, -0.2) is 35.4 Å².